The van der Waals surface area contributed by atoms with Gasteiger partial charge in [0, 0.05) is 12.1 Å². The van der Waals surface area contributed by atoms with Crippen molar-refractivity contribution < 1.29 is 0 Å². The SMILES string of the molecule is N#Cc1ccc(C2=NCCN2C(c2ccccc2)c2ccccc2)cc1. The summed E-state index contributed by atoms with van der Waals surface area (Å²) in [5.74, 6) is 0.993. The highest BCUT2D eigenvalue weighted by molar-refractivity contribution is 6.00. The fourth-order valence-corrected chi connectivity index (χ4v) is 3.49. The summed E-state index contributed by atoms with van der Waals surface area (Å²) in [5.41, 5.74) is 4.23. The van der Waals surface area contributed by atoms with E-state index in [-0.39, 0.29) is 6.04 Å². The summed E-state index contributed by atoms with van der Waals surface area (Å²) in [6.07, 6.45) is 0. The molecule has 0 bridgehead atoms. The molecule has 4 rings (SSSR count). The molecule has 0 spiro atoms. The summed E-state index contributed by atoms with van der Waals surface area (Å²) >= 11 is 0. The van der Waals surface area contributed by atoms with Crippen LogP contribution in [0.2, 0.25) is 0 Å². The Morgan fingerprint density at radius 1 is 0.808 bits per heavy atom. The molecule has 1 heterocycles. The second kappa shape index (κ2) is 7.25. The van der Waals surface area contributed by atoms with Gasteiger partial charge in [-0.15, -0.1) is 0 Å². The highest BCUT2D eigenvalue weighted by atomic mass is 15.3. The maximum absolute atomic E-state index is 9.04. The average Bonchev–Trinajstić information content (AvgIpc) is 3.19. The second-order valence-corrected chi connectivity index (χ2v) is 6.31. The zero-order valence-corrected chi connectivity index (χ0v) is 14.4. The molecule has 126 valence electrons. The van der Waals surface area contributed by atoms with Crippen LogP contribution in [-0.4, -0.2) is 23.8 Å². The van der Waals surface area contributed by atoms with Gasteiger partial charge in [-0.25, -0.2) is 0 Å². The maximum Gasteiger partial charge on any atom is 0.131 e. The van der Waals surface area contributed by atoms with E-state index >= 15 is 0 Å². The first-order chi connectivity index (χ1) is 12.9. The molecule has 0 unspecified atom stereocenters. The van der Waals surface area contributed by atoms with Crippen molar-refractivity contribution in [3.05, 3.63) is 107 Å². The highest BCUT2D eigenvalue weighted by Gasteiger charge is 2.28. The van der Waals surface area contributed by atoms with Crippen molar-refractivity contribution >= 4 is 5.84 Å². The van der Waals surface area contributed by atoms with E-state index in [9.17, 15) is 0 Å². The fraction of sp³-hybridized carbons (Fsp3) is 0.130. The molecule has 0 fully saturated rings. The normalized spacial score (nSPS) is 13.5. The number of nitriles is 1. The summed E-state index contributed by atoms with van der Waals surface area (Å²) < 4.78 is 0. The predicted molar refractivity (Wildman–Crippen MR) is 104 cm³/mol. The Balaban J connectivity index is 1.75. The predicted octanol–water partition coefficient (Wildman–Crippen LogP) is 4.41. The molecule has 0 saturated heterocycles. The van der Waals surface area contributed by atoms with Crippen LogP contribution in [0.25, 0.3) is 0 Å². The fourth-order valence-electron chi connectivity index (χ4n) is 3.49. The number of nitrogens with zero attached hydrogens (tertiary/aromatic N) is 3. The first-order valence-electron chi connectivity index (χ1n) is 8.78. The van der Waals surface area contributed by atoms with Crippen molar-refractivity contribution in [2.75, 3.05) is 13.1 Å². The zero-order valence-electron chi connectivity index (χ0n) is 14.4. The smallest absolute Gasteiger partial charge is 0.131 e. The van der Waals surface area contributed by atoms with Gasteiger partial charge in [0.2, 0.25) is 0 Å². The van der Waals surface area contributed by atoms with Crippen molar-refractivity contribution in [3.8, 4) is 6.07 Å². The van der Waals surface area contributed by atoms with Gasteiger partial charge in [-0.2, -0.15) is 5.26 Å². The molecule has 1 aliphatic heterocycles. The Kier molecular flexibility index (Phi) is 4.49. The van der Waals surface area contributed by atoms with Gasteiger partial charge in [-0.3, -0.25) is 4.99 Å². The molecule has 0 aliphatic carbocycles. The molecule has 3 aromatic carbocycles. The Labute approximate surface area is 153 Å². The minimum Gasteiger partial charge on any atom is -0.343 e. The topological polar surface area (TPSA) is 39.4 Å². The van der Waals surface area contributed by atoms with Gasteiger partial charge in [0.15, 0.2) is 0 Å². The van der Waals surface area contributed by atoms with Crippen LogP contribution in [-0.2, 0) is 0 Å². The van der Waals surface area contributed by atoms with E-state index in [4.69, 9.17) is 10.3 Å². The van der Waals surface area contributed by atoms with Gasteiger partial charge < -0.3 is 4.90 Å². The Morgan fingerprint density at radius 2 is 1.38 bits per heavy atom. The molecule has 3 nitrogen and oxygen atoms in total. The van der Waals surface area contributed by atoms with Crippen LogP contribution in [0.5, 0.6) is 0 Å². The van der Waals surface area contributed by atoms with E-state index in [0.717, 1.165) is 24.5 Å². The third kappa shape index (κ3) is 3.10. The summed E-state index contributed by atoms with van der Waals surface area (Å²) in [6, 6.07) is 31.1. The van der Waals surface area contributed by atoms with E-state index in [1.165, 1.54) is 11.1 Å². The number of hydrogen-bond donors (Lipinski definition) is 0. The molecule has 26 heavy (non-hydrogen) atoms. The maximum atomic E-state index is 9.04. The van der Waals surface area contributed by atoms with Crippen LogP contribution in [0.15, 0.2) is 89.9 Å². The quantitative estimate of drug-likeness (QED) is 0.707. The standard InChI is InChI=1S/C23H19N3/c24-17-18-11-13-21(14-12-18)23-25-15-16-26(23)22(19-7-3-1-4-8-19)20-9-5-2-6-10-20/h1-14,22H,15-16H2. The molecule has 0 aromatic heterocycles. The third-order valence-electron chi connectivity index (χ3n) is 4.69. The Bertz CT molecular complexity index is 899. The number of aliphatic imine (C=N–C) groups is 1. The second-order valence-electron chi connectivity index (χ2n) is 6.31. The van der Waals surface area contributed by atoms with Crippen molar-refractivity contribution in [1.29, 1.82) is 5.26 Å². The van der Waals surface area contributed by atoms with E-state index in [2.05, 4.69) is 59.5 Å². The van der Waals surface area contributed by atoms with E-state index in [1.54, 1.807) is 0 Å². The molecular weight excluding hydrogens is 318 g/mol. The van der Waals surface area contributed by atoms with Gasteiger partial charge in [0.25, 0.3) is 0 Å². The van der Waals surface area contributed by atoms with Crippen molar-refractivity contribution in [1.82, 2.24) is 4.90 Å². The van der Waals surface area contributed by atoms with Crippen molar-refractivity contribution in [2.45, 2.75) is 6.04 Å². The largest absolute Gasteiger partial charge is 0.343 e. The van der Waals surface area contributed by atoms with Crippen molar-refractivity contribution in [3.63, 3.8) is 0 Å². The lowest BCUT2D eigenvalue weighted by Gasteiger charge is -2.31. The lowest BCUT2D eigenvalue weighted by atomic mass is 9.96. The number of benzene rings is 3. The molecular formula is C23H19N3. The van der Waals surface area contributed by atoms with Gasteiger partial charge in [0.05, 0.1) is 24.2 Å². The molecule has 1 aliphatic rings. The van der Waals surface area contributed by atoms with Crippen LogP contribution in [0.3, 0.4) is 0 Å². The third-order valence-corrected chi connectivity index (χ3v) is 4.69. The Hall–Kier alpha value is -3.38. The Morgan fingerprint density at radius 3 is 1.92 bits per heavy atom. The lowest BCUT2D eigenvalue weighted by Crippen LogP contribution is -2.33. The summed E-state index contributed by atoms with van der Waals surface area (Å²) in [6.45, 7) is 1.66. The van der Waals surface area contributed by atoms with E-state index in [1.807, 2.05) is 36.4 Å². The van der Waals surface area contributed by atoms with Crippen LogP contribution in [0.4, 0.5) is 0 Å². The van der Waals surface area contributed by atoms with Crippen molar-refractivity contribution in [2.24, 2.45) is 4.99 Å². The van der Waals surface area contributed by atoms with Crippen LogP contribution >= 0.6 is 0 Å². The highest BCUT2D eigenvalue weighted by Crippen LogP contribution is 2.31. The van der Waals surface area contributed by atoms with Gasteiger partial charge in [0.1, 0.15) is 5.84 Å². The molecule has 0 saturated carbocycles. The summed E-state index contributed by atoms with van der Waals surface area (Å²) in [7, 11) is 0. The lowest BCUT2D eigenvalue weighted by molar-refractivity contribution is 0.389. The van der Waals surface area contributed by atoms with E-state index in [0.29, 0.717) is 5.56 Å². The first kappa shape index (κ1) is 16.1. The number of hydrogen-bond acceptors (Lipinski definition) is 3. The monoisotopic (exact) mass is 337 g/mol. The molecule has 0 atom stereocenters. The van der Waals surface area contributed by atoms with Crippen LogP contribution < -0.4 is 0 Å². The van der Waals surface area contributed by atoms with Gasteiger partial charge in [-0.05, 0) is 35.4 Å². The summed E-state index contributed by atoms with van der Waals surface area (Å²) in [4.78, 5) is 7.14. The van der Waals surface area contributed by atoms with Crippen LogP contribution in [0, 0.1) is 11.3 Å². The average molecular weight is 337 g/mol. The molecule has 3 heteroatoms. The van der Waals surface area contributed by atoms with Gasteiger partial charge >= 0.3 is 0 Å². The van der Waals surface area contributed by atoms with Gasteiger partial charge in [-0.1, -0.05) is 60.7 Å². The summed E-state index contributed by atoms with van der Waals surface area (Å²) in [5, 5.41) is 9.04. The minimum absolute atomic E-state index is 0.120. The zero-order chi connectivity index (χ0) is 17.8. The molecule has 3 aromatic rings. The molecule has 0 radical (unpaired) electrons. The number of amidine groups is 1. The van der Waals surface area contributed by atoms with E-state index < -0.39 is 0 Å². The van der Waals surface area contributed by atoms with Crippen LogP contribution in [0.1, 0.15) is 28.3 Å². The molecule has 0 amide bonds. The minimum atomic E-state index is 0.120. The molecule has 0 N–H and O–H groups in total. The first-order valence-corrected chi connectivity index (χ1v) is 8.78. The number of rotatable bonds is 4.